The molecular formula is C21H26IN5O2S2. The van der Waals surface area contributed by atoms with E-state index in [4.69, 9.17) is 4.74 Å². The van der Waals surface area contributed by atoms with Crippen molar-refractivity contribution >= 4 is 58.6 Å². The SMILES string of the molecule is CCOC(=O)c1sc(C(C)NC(=NC)NCc2nc(-c3ccccc3)cs2)nc1C.I. The van der Waals surface area contributed by atoms with Gasteiger partial charge in [0.1, 0.15) is 14.9 Å². The number of ether oxygens (including phenoxy) is 1. The minimum absolute atomic E-state index is 0. The summed E-state index contributed by atoms with van der Waals surface area (Å²) in [6, 6.07) is 10.00. The van der Waals surface area contributed by atoms with Crippen LogP contribution in [0.25, 0.3) is 11.3 Å². The van der Waals surface area contributed by atoms with Crippen molar-refractivity contribution in [2.75, 3.05) is 13.7 Å². The van der Waals surface area contributed by atoms with Gasteiger partial charge in [-0.15, -0.1) is 46.7 Å². The van der Waals surface area contributed by atoms with Crippen molar-refractivity contribution < 1.29 is 9.53 Å². The number of benzene rings is 1. The number of nitrogens with zero attached hydrogens (tertiary/aromatic N) is 3. The molecule has 0 saturated heterocycles. The minimum atomic E-state index is -0.327. The molecule has 166 valence electrons. The van der Waals surface area contributed by atoms with E-state index in [1.165, 1.54) is 11.3 Å². The van der Waals surface area contributed by atoms with Crippen LogP contribution in [0.4, 0.5) is 0 Å². The molecule has 3 rings (SSSR count). The molecule has 0 radical (unpaired) electrons. The van der Waals surface area contributed by atoms with Gasteiger partial charge < -0.3 is 15.4 Å². The highest BCUT2D eigenvalue weighted by Crippen LogP contribution is 2.24. The van der Waals surface area contributed by atoms with Crippen molar-refractivity contribution in [3.8, 4) is 11.3 Å². The van der Waals surface area contributed by atoms with Gasteiger partial charge in [0.25, 0.3) is 0 Å². The lowest BCUT2D eigenvalue weighted by molar-refractivity contribution is 0.0531. The highest BCUT2D eigenvalue weighted by atomic mass is 127. The third-order valence-corrected chi connectivity index (χ3v) is 6.42. The fourth-order valence-corrected chi connectivity index (χ4v) is 4.45. The predicted molar refractivity (Wildman–Crippen MR) is 138 cm³/mol. The Balaban J connectivity index is 0.00000341. The quantitative estimate of drug-likeness (QED) is 0.184. The van der Waals surface area contributed by atoms with E-state index >= 15 is 0 Å². The van der Waals surface area contributed by atoms with E-state index in [1.807, 2.05) is 32.0 Å². The first-order valence-corrected chi connectivity index (χ1v) is 11.3. The number of hydrogen-bond donors (Lipinski definition) is 2. The molecule has 0 aliphatic heterocycles. The van der Waals surface area contributed by atoms with Crippen LogP contribution in [0.2, 0.25) is 0 Å². The van der Waals surface area contributed by atoms with Gasteiger partial charge in [-0.3, -0.25) is 4.99 Å². The molecule has 0 fully saturated rings. The average molecular weight is 572 g/mol. The van der Waals surface area contributed by atoms with Crippen LogP contribution in [0.5, 0.6) is 0 Å². The number of rotatable bonds is 7. The van der Waals surface area contributed by atoms with E-state index in [9.17, 15) is 4.79 Å². The molecule has 0 amide bonds. The first-order valence-electron chi connectivity index (χ1n) is 9.63. The molecule has 0 aliphatic carbocycles. The summed E-state index contributed by atoms with van der Waals surface area (Å²) in [5.41, 5.74) is 2.76. The van der Waals surface area contributed by atoms with E-state index in [2.05, 4.69) is 43.1 Å². The lowest BCUT2D eigenvalue weighted by Gasteiger charge is -2.15. The van der Waals surface area contributed by atoms with Gasteiger partial charge in [-0.1, -0.05) is 30.3 Å². The number of guanidine groups is 1. The van der Waals surface area contributed by atoms with Crippen LogP contribution >= 0.6 is 46.7 Å². The smallest absolute Gasteiger partial charge is 0.350 e. The Morgan fingerprint density at radius 3 is 2.68 bits per heavy atom. The van der Waals surface area contributed by atoms with Crippen LogP contribution < -0.4 is 10.6 Å². The third-order valence-electron chi connectivity index (χ3n) is 4.25. The summed E-state index contributed by atoms with van der Waals surface area (Å²) in [5.74, 6) is 0.316. The Labute approximate surface area is 207 Å². The maximum Gasteiger partial charge on any atom is 0.350 e. The highest BCUT2D eigenvalue weighted by Gasteiger charge is 2.20. The molecule has 0 aliphatic rings. The summed E-state index contributed by atoms with van der Waals surface area (Å²) >= 11 is 2.95. The van der Waals surface area contributed by atoms with E-state index in [0.717, 1.165) is 21.3 Å². The fraction of sp³-hybridized carbons (Fsp3) is 0.333. The zero-order valence-electron chi connectivity index (χ0n) is 17.8. The molecule has 1 unspecified atom stereocenters. The first kappa shape index (κ1) is 25.2. The molecule has 10 heteroatoms. The lowest BCUT2D eigenvalue weighted by atomic mass is 10.2. The molecule has 2 N–H and O–H groups in total. The van der Waals surface area contributed by atoms with Crippen LogP contribution in [0.1, 0.15) is 45.3 Å². The molecule has 2 aromatic heterocycles. The standard InChI is InChI=1S/C21H25N5O2S2.HI/c1-5-28-20(27)18-13(2)24-19(30-18)14(3)25-21(22-4)23-11-17-26-16(12-29-17)15-9-7-6-8-10-15;/h6-10,12,14H,5,11H2,1-4H3,(H2,22,23,25);1H. The van der Waals surface area contributed by atoms with Crippen molar-refractivity contribution in [1.29, 1.82) is 0 Å². The van der Waals surface area contributed by atoms with Gasteiger partial charge in [-0.2, -0.15) is 0 Å². The molecule has 0 spiro atoms. The van der Waals surface area contributed by atoms with Crippen molar-refractivity contribution in [1.82, 2.24) is 20.6 Å². The van der Waals surface area contributed by atoms with Gasteiger partial charge in [-0.05, 0) is 20.8 Å². The van der Waals surface area contributed by atoms with Crippen LogP contribution in [-0.2, 0) is 11.3 Å². The normalized spacial score (nSPS) is 12.1. The van der Waals surface area contributed by atoms with Crippen molar-refractivity contribution in [2.24, 2.45) is 4.99 Å². The molecule has 3 aromatic rings. The van der Waals surface area contributed by atoms with Gasteiger partial charge in [0.15, 0.2) is 5.96 Å². The van der Waals surface area contributed by atoms with Crippen molar-refractivity contribution in [3.05, 3.63) is 56.3 Å². The number of carbonyl (C=O) groups excluding carboxylic acids is 1. The molecule has 0 saturated carbocycles. The number of nitrogens with one attached hydrogen (secondary N) is 2. The monoisotopic (exact) mass is 571 g/mol. The Bertz CT molecular complexity index is 1020. The number of esters is 1. The number of aromatic nitrogens is 2. The molecular weight excluding hydrogens is 545 g/mol. The van der Waals surface area contributed by atoms with Gasteiger partial charge >= 0.3 is 5.97 Å². The topological polar surface area (TPSA) is 88.5 Å². The van der Waals surface area contributed by atoms with Gasteiger partial charge in [0.05, 0.1) is 30.6 Å². The number of thiazole rings is 2. The molecule has 0 bridgehead atoms. The Morgan fingerprint density at radius 1 is 1.26 bits per heavy atom. The zero-order chi connectivity index (χ0) is 21.5. The molecule has 31 heavy (non-hydrogen) atoms. The number of hydrogen-bond acceptors (Lipinski definition) is 7. The first-order chi connectivity index (χ1) is 14.5. The van der Waals surface area contributed by atoms with Crippen LogP contribution in [-0.4, -0.2) is 35.6 Å². The van der Waals surface area contributed by atoms with Crippen molar-refractivity contribution in [2.45, 2.75) is 33.4 Å². The van der Waals surface area contributed by atoms with Crippen LogP contribution in [0.15, 0.2) is 40.7 Å². The summed E-state index contributed by atoms with van der Waals surface area (Å²) in [7, 11) is 1.72. The van der Waals surface area contributed by atoms with E-state index in [1.54, 1.807) is 25.3 Å². The van der Waals surface area contributed by atoms with Gasteiger partial charge in [0.2, 0.25) is 0 Å². The van der Waals surface area contributed by atoms with E-state index < -0.39 is 0 Å². The summed E-state index contributed by atoms with van der Waals surface area (Å²) < 4.78 is 5.09. The number of aliphatic imine (C=N–C) groups is 1. The average Bonchev–Trinajstić information content (AvgIpc) is 3.38. The van der Waals surface area contributed by atoms with Gasteiger partial charge in [0, 0.05) is 18.0 Å². The second-order valence-corrected chi connectivity index (χ2v) is 8.44. The maximum atomic E-state index is 12.0. The summed E-state index contributed by atoms with van der Waals surface area (Å²) in [6.45, 7) is 6.50. The third kappa shape index (κ3) is 6.71. The Morgan fingerprint density at radius 2 is 2.00 bits per heavy atom. The second-order valence-electron chi connectivity index (χ2n) is 6.47. The summed E-state index contributed by atoms with van der Waals surface area (Å²) in [4.78, 5) is 26.1. The molecule has 7 nitrogen and oxygen atoms in total. The Kier molecular flexibility index (Phi) is 9.85. The molecule has 1 atom stereocenters. The van der Waals surface area contributed by atoms with Crippen LogP contribution in [0.3, 0.4) is 0 Å². The predicted octanol–water partition coefficient (Wildman–Crippen LogP) is 4.80. The lowest BCUT2D eigenvalue weighted by Crippen LogP contribution is -2.38. The van der Waals surface area contributed by atoms with E-state index in [-0.39, 0.29) is 36.0 Å². The number of halogens is 1. The van der Waals surface area contributed by atoms with E-state index in [0.29, 0.717) is 29.7 Å². The second kappa shape index (κ2) is 12.1. The largest absolute Gasteiger partial charge is 0.462 e. The fourth-order valence-electron chi connectivity index (χ4n) is 2.74. The maximum absolute atomic E-state index is 12.0. The summed E-state index contributed by atoms with van der Waals surface area (Å²) in [5, 5.41) is 10.4. The summed E-state index contributed by atoms with van der Waals surface area (Å²) in [6.07, 6.45) is 0. The number of aryl methyl sites for hydroxylation is 1. The molecule has 2 heterocycles. The number of carbonyl (C=O) groups is 1. The zero-order valence-corrected chi connectivity index (χ0v) is 21.8. The Hall–Kier alpha value is -2.05. The van der Waals surface area contributed by atoms with Crippen LogP contribution in [0, 0.1) is 6.92 Å². The highest BCUT2D eigenvalue weighted by molar-refractivity contribution is 14.0. The minimum Gasteiger partial charge on any atom is -0.462 e. The van der Waals surface area contributed by atoms with Crippen molar-refractivity contribution in [3.63, 3.8) is 0 Å². The molecule has 1 aromatic carbocycles. The van der Waals surface area contributed by atoms with Gasteiger partial charge in [-0.25, -0.2) is 14.8 Å².